The maximum atomic E-state index is 12.8. The number of carbonyl (C=O) groups excluding carboxylic acids is 2. The molecule has 3 rings (SSSR count). The maximum Gasteiger partial charge on any atom is 0.256 e. The Balaban J connectivity index is 1.86. The Kier molecular flexibility index (Phi) is 4.35. The fourth-order valence-corrected chi connectivity index (χ4v) is 3.26. The van der Waals surface area contributed by atoms with Crippen LogP contribution < -0.4 is 5.32 Å². The minimum absolute atomic E-state index is 0.0575. The van der Waals surface area contributed by atoms with Gasteiger partial charge in [-0.05, 0) is 38.1 Å². The van der Waals surface area contributed by atoms with Crippen molar-refractivity contribution in [3.8, 4) is 0 Å². The molecule has 1 aromatic heterocycles. The molecule has 6 nitrogen and oxygen atoms in total. The molecule has 1 aliphatic rings. The molecule has 26 heavy (non-hydrogen) atoms. The van der Waals surface area contributed by atoms with E-state index in [9.17, 15) is 9.59 Å². The second-order valence-electron chi connectivity index (χ2n) is 8.09. The summed E-state index contributed by atoms with van der Waals surface area (Å²) < 4.78 is 0. The molecule has 2 amide bonds. The summed E-state index contributed by atoms with van der Waals surface area (Å²) in [6, 6.07) is 6.64. The summed E-state index contributed by atoms with van der Waals surface area (Å²) in [5.41, 5.74) is 1.18. The molecule has 2 heterocycles. The molecule has 2 N–H and O–H groups in total. The number of anilines is 1. The molecule has 1 aromatic carbocycles. The van der Waals surface area contributed by atoms with E-state index in [4.69, 9.17) is 11.6 Å². The number of nitrogens with one attached hydrogen (secondary N) is 2. The minimum Gasteiger partial charge on any atom is -0.327 e. The Labute approximate surface area is 157 Å². The zero-order valence-corrected chi connectivity index (χ0v) is 16.4. The number of rotatable bonds is 2. The van der Waals surface area contributed by atoms with Crippen molar-refractivity contribution in [2.24, 2.45) is 5.41 Å². The van der Waals surface area contributed by atoms with E-state index in [0.717, 1.165) is 11.3 Å². The summed E-state index contributed by atoms with van der Waals surface area (Å²) in [7, 11) is 0. The lowest BCUT2D eigenvalue weighted by molar-refractivity contribution is -0.145. The molecule has 0 atom stereocenters. The van der Waals surface area contributed by atoms with E-state index in [-0.39, 0.29) is 11.8 Å². The third-order valence-corrected chi connectivity index (χ3v) is 4.95. The number of hydrogen-bond acceptors (Lipinski definition) is 3. The number of nitrogens with zero attached hydrogens (tertiary/aromatic N) is 2. The van der Waals surface area contributed by atoms with Crippen LogP contribution in [0.2, 0.25) is 5.02 Å². The van der Waals surface area contributed by atoms with Crippen LogP contribution in [-0.2, 0) is 16.9 Å². The molecule has 7 heteroatoms. The highest BCUT2D eigenvalue weighted by Gasteiger charge is 2.46. The Morgan fingerprint density at radius 3 is 2.42 bits per heavy atom. The van der Waals surface area contributed by atoms with Crippen LogP contribution in [0.25, 0.3) is 0 Å². The van der Waals surface area contributed by atoms with Crippen molar-refractivity contribution in [2.75, 3.05) is 5.32 Å². The van der Waals surface area contributed by atoms with Gasteiger partial charge in [0.05, 0.1) is 17.8 Å². The van der Waals surface area contributed by atoms with Crippen molar-refractivity contribution in [3.63, 3.8) is 0 Å². The number of aromatic nitrogens is 2. The van der Waals surface area contributed by atoms with Crippen molar-refractivity contribution in [1.29, 1.82) is 0 Å². The number of halogens is 1. The van der Waals surface area contributed by atoms with Gasteiger partial charge in [0, 0.05) is 21.6 Å². The first-order chi connectivity index (χ1) is 12.0. The van der Waals surface area contributed by atoms with E-state index in [0.29, 0.717) is 22.9 Å². The van der Waals surface area contributed by atoms with Crippen LogP contribution in [0.3, 0.4) is 0 Å². The molecule has 0 unspecified atom stereocenters. The van der Waals surface area contributed by atoms with E-state index < -0.39 is 11.0 Å². The quantitative estimate of drug-likeness (QED) is 0.835. The monoisotopic (exact) mass is 374 g/mol. The highest BCUT2D eigenvalue weighted by Crippen LogP contribution is 2.42. The van der Waals surface area contributed by atoms with Gasteiger partial charge < -0.3 is 10.2 Å². The first-order valence-corrected chi connectivity index (χ1v) is 8.86. The summed E-state index contributed by atoms with van der Waals surface area (Å²) in [5, 5.41) is 10.7. The molecule has 0 saturated heterocycles. The fraction of sp³-hybridized carbons (Fsp3) is 0.421. The lowest BCUT2D eigenvalue weighted by atomic mass is 9.92. The van der Waals surface area contributed by atoms with E-state index in [2.05, 4.69) is 15.5 Å². The number of amides is 2. The summed E-state index contributed by atoms with van der Waals surface area (Å²) in [5.74, 6) is 0.244. The van der Waals surface area contributed by atoms with Gasteiger partial charge in [-0.3, -0.25) is 14.7 Å². The average molecular weight is 375 g/mol. The van der Waals surface area contributed by atoms with Crippen LogP contribution in [0.5, 0.6) is 0 Å². The lowest BCUT2D eigenvalue weighted by Gasteiger charge is -2.36. The number of hydrogen-bond donors (Lipinski definition) is 2. The zero-order valence-electron chi connectivity index (χ0n) is 15.6. The van der Waals surface area contributed by atoms with Crippen LogP contribution in [0.1, 0.15) is 56.2 Å². The molecular weight excluding hydrogens is 352 g/mol. The van der Waals surface area contributed by atoms with Gasteiger partial charge >= 0.3 is 0 Å². The second-order valence-corrected chi connectivity index (χ2v) is 8.52. The number of H-pyrrole nitrogens is 1. The molecule has 2 aromatic rings. The standard InChI is InChI=1S/C19H23ClN4O2/c1-18(2,3)17(26)24-10-13-14(19(24,4)5)22-23-15(13)21-16(25)11-6-8-12(20)9-7-11/h6-9H,10H2,1-5H3,(H2,21,22,23,25). The van der Waals surface area contributed by atoms with Crippen molar-refractivity contribution < 1.29 is 9.59 Å². The highest BCUT2D eigenvalue weighted by atomic mass is 35.5. The van der Waals surface area contributed by atoms with E-state index >= 15 is 0 Å². The highest BCUT2D eigenvalue weighted by molar-refractivity contribution is 6.30. The molecule has 0 aliphatic carbocycles. The van der Waals surface area contributed by atoms with Gasteiger partial charge in [0.15, 0.2) is 5.82 Å². The zero-order chi connectivity index (χ0) is 19.3. The minimum atomic E-state index is -0.518. The summed E-state index contributed by atoms with van der Waals surface area (Å²) in [6.45, 7) is 10.1. The molecule has 0 spiro atoms. The van der Waals surface area contributed by atoms with Gasteiger partial charge in [0.2, 0.25) is 5.91 Å². The van der Waals surface area contributed by atoms with E-state index in [1.54, 1.807) is 24.3 Å². The molecule has 138 valence electrons. The van der Waals surface area contributed by atoms with Crippen LogP contribution >= 0.6 is 11.6 Å². The van der Waals surface area contributed by atoms with Crippen LogP contribution in [0.4, 0.5) is 5.82 Å². The Morgan fingerprint density at radius 2 is 1.85 bits per heavy atom. The summed E-state index contributed by atoms with van der Waals surface area (Å²) in [6.07, 6.45) is 0. The Morgan fingerprint density at radius 1 is 1.23 bits per heavy atom. The van der Waals surface area contributed by atoms with Crippen molar-refractivity contribution in [2.45, 2.75) is 46.7 Å². The summed E-state index contributed by atoms with van der Waals surface area (Å²) >= 11 is 5.86. The van der Waals surface area contributed by atoms with Gasteiger partial charge in [-0.15, -0.1) is 0 Å². The predicted molar refractivity (Wildman–Crippen MR) is 101 cm³/mol. The molecular formula is C19H23ClN4O2. The normalized spacial score (nSPS) is 15.7. The fourth-order valence-electron chi connectivity index (χ4n) is 3.13. The van der Waals surface area contributed by atoms with Gasteiger partial charge in [0.1, 0.15) is 0 Å². The SMILES string of the molecule is CC(C)(C)C(=O)N1Cc2c(NC(=O)c3ccc(Cl)cc3)n[nH]c2C1(C)C. The van der Waals surface area contributed by atoms with Crippen molar-refractivity contribution in [3.05, 3.63) is 46.1 Å². The van der Waals surface area contributed by atoms with Gasteiger partial charge in [-0.25, -0.2) is 0 Å². The largest absolute Gasteiger partial charge is 0.327 e. The third kappa shape index (κ3) is 3.09. The molecule has 1 aliphatic heterocycles. The molecule has 0 bridgehead atoms. The average Bonchev–Trinajstić information content (AvgIpc) is 3.05. The second kappa shape index (κ2) is 6.13. The Hall–Kier alpha value is -2.34. The lowest BCUT2D eigenvalue weighted by Crippen LogP contribution is -2.46. The molecule has 0 fully saturated rings. The Bertz CT molecular complexity index is 863. The molecule has 0 saturated carbocycles. The van der Waals surface area contributed by atoms with Gasteiger partial charge in [-0.2, -0.15) is 5.10 Å². The first kappa shape index (κ1) is 18.5. The van der Waals surface area contributed by atoms with Crippen LogP contribution in [-0.4, -0.2) is 26.9 Å². The van der Waals surface area contributed by atoms with Crippen LogP contribution in [0, 0.1) is 5.41 Å². The van der Waals surface area contributed by atoms with Crippen molar-refractivity contribution >= 4 is 29.2 Å². The number of benzene rings is 1. The summed E-state index contributed by atoms with van der Waals surface area (Å²) in [4.78, 5) is 27.1. The van der Waals surface area contributed by atoms with E-state index in [1.165, 1.54) is 0 Å². The third-order valence-electron chi connectivity index (χ3n) is 4.70. The van der Waals surface area contributed by atoms with Crippen LogP contribution in [0.15, 0.2) is 24.3 Å². The van der Waals surface area contributed by atoms with Gasteiger partial charge in [0.25, 0.3) is 5.91 Å². The number of carbonyl (C=O) groups is 2. The van der Waals surface area contributed by atoms with E-state index in [1.807, 2.05) is 39.5 Å². The smallest absolute Gasteiger partial charge is 0.256 e. The number of fused-ring (bicyclic) bond motifs is 1. The number of aromatic amines is 1. The maximum absolute atomic E-state index is 12.8. The van der Waals surface area contributed by atoms with Crippen molar-refractivity contribution in [1.82, 2.24) is 15.1 Å². The van der Waals surface area contributed by atoms with Gasteiger partial charge in [-0.1, -0.05) is 32.4 Å². The first-order valence-electron chi connectivity index (χ1n) is 8.48. The molecule has 0 radical (unpaired) electrons. The predicted octanol–water partition coefficient (Wildman–Crippen LogP) is 3.94. The topological polar surface area (TPSA) is 78.1 Å².